The number of anilines is 9. The SMILES string of the molecule is CC(C)(C)c1ccc2c(c1)B1c3oc4cc5c(cc4c3N(c3ccc4c(c3)C(C)(C)CCC4(C)C)c3cc(N(c4ccccc4)c4ccccc4)cc(c31)N2c1ccc2c(c1)C(C)(C)CCC2(C)C)C(C)(C)CCC5(C)C. The van der Waals surface area contributed by atoms with Gasteiger partial charge in [-0.15, -0.1) is 0 Å². The van der Waals surface area contributed by atoms with E-state index in [1.54, 1.807) is 0 Å². The molecule has 392 valence electrons. The first kappa shape index (κ1) is 50.1. The average molecular weight is 1010 g/mol. The molecular formula is C72H80BN3O. The van der Waals surface area contributed by atoms with Gasteiger partial charge in [-0.2, -0.15) is 0 Å². The lowest BCUT2D eigenvalue weighted by atomic mass is 9.35. The molecule has 5 aliphatic rings. The summed E-state index contributed by atoms with van der Waals surface area (Å²) in [6.45, 7) is 36.3. The Morgan fingerprint density at radius 3 is 1.36 bits per heavy atom. The Balaban J connectivity index is 1.20. The molecule has 3 aliphatic carbocycles. The summed E-state index contributed by atoms with van der Waals surface area (Å²) < 4.78 is 7.80. The Morgan fingerprint density at radius 1 is 0.429 bits per heavy atom. The molecule has 0 saturated heterocycles. The van der Waals surface area contributed by atoms with E-state index in [0.29, 0.717) is 0 Å². The molecule has 7 aromatic carbocycles. The summed E-state index contributed by atoms with van der Waals surface area (Å²) in [5.41, 5.74) is 25.2. The predicted molar refractivity (Wildman–Crippen MR) is 329 cm³/mol. The molecule has 13 rings (SSSR count). The van der Waals surface area contributed by atoms with Crippen LogP contribution in [-0.2, 0) is 37.9 Å². The maximum Gasteiger partial charge on any atom is 0.297 e. The zero-order chi connectivity index (χ0) is 54.1. The van der Waals surface area contributed by atoms with Gasteiger partial charge in [0.25, 0.3) is 6.71 Å². The molecule has 0 N–H and O–H groups in total. The molecule has 8 aromatic rings. The summed E-state index contributed by atoms with van der Waals surface area (Å²) in [6, 6.07) is 54.4. The van der Waals surface area contributed by atoms with Gasteiger partial charge in [0, 0.05) is 45.2 Å². The molecule has 4 nitrogen and oxygen atoms in total. The molecule has 5 heteroatoms. The van der Waals surface area contributed by atoms with Crippen LogP contribution in [0, 0.1) is 0 Å². The number of rotatable bonds is 5. The maximum atomic E-state index is 7.80. The Kier molecular flexibility index (Phi) is 10.8. The van der Waals surface area contributed by atoms with Crippen LogP contribution >= 0.6 is 0 Å². The molecular weight excluding hydrogens is 934 g/mol. The van der Waals surface area contributed by atoms with Crippen LogP contribution in [0.4, 0.5) is 51.2 Å². The number of nitrogens with zero attached hydrogens (tertiary/aromatic N) is 3. The number of hydrogen-bond acceptors (Lipinski definition) is 4. The van der Waals surface area contributed by atoms with E-state index in [1.165, 1.54) is 102 Å². The zero-order valence-electron chi connectivity index (χ0n) is 48.8. The van der Waals surface area contributed by atoms with Gasteiger partial charge in [-0.05, 0) is 205 Å². The molecule has 0 atom stereocenters. The van der Waals surface area contributed by atoms with Gasteiger partial charge in [-0.1, -0.05) is 165 Å². The van der Waals surface area contributed by atoms with Crippen LogP contribution in [0.15, 0.2) is 144 Å². The van der Waals surface area contributed by atoms with Crippen molar-refractivity contribution >= 4 is 85.5 Å². The number of hydrogen-bond donors (Lipinski definition) is 0. The summed E-state index contributed by atoms with van der Waals surface area (Å²) >= 11 is 0. The standard InChI is InChI=1S/C72H80BN3O/c1-66(2,3)45-26-31-59-58(38-45)73-63-60(75(59)48-27-29-52-54(39-48)69(8,9)34-32-67(52,4)5)41-50(74(46-22-18-16-19-23-46)47-24-20-17-21-25-47)42-61(63)76(49-28-30-53-55(40-49)70(10,11)35-33-68(53,6)7)64-51-43-56-57(44-62(51)77-65(64)73)72(14,15)37-36-71(56,12)13/h16-31,38-44H,32-37H2,1-15H3. The van der Waals surface area contributed by atoms with Crippen molar-refractivity contribution in [2.45, 2.75) is 180 Å². The van der Waals surface area contributed by atoms with E-state index in [4.69, 9.17) is 4.42 Å². The lowest BCUT2D eigenvalue weighted by Gasteiger charge is -2.46. The maximum absolute atomic E-state index is 7.80. The second-order valence-electron chi connectivity index (χ2n) is 29.0. The van der Waals surface area contributed by atoms with Crippen molar-refractivity contribution in [3.05, 3.63) is 178 Å². The summed E-state index contributed by atoms with van der Waals surface area (Å²) in [5.74, 6) is 0. The summed E-state index contributed by atoms with van der Waals surface area (Å²) in [4.78, 5) is 7.77. The summed E-state index contributed by atoms with van der Waals surface area (Å²) in [6.07, 6.45) is 6.90. The molecule has 0 radical (unpaired) electrons. The fourth-order valence-electron chi connectivity index (χ4n) is 14.7. The highest BCUT2D eigenvalue weighted by Crippen LogP contribution is 2.56. The first-order chi connectivity index (χ1) is 36.3. The van der Waals surface area contributed by atoms with Gasteiger partial charge in [0.1, 0.15) is 5.58 Å². The van der Waals surface area contributed by atoms with Crippen molar-refractivity contribution in [2.75, 3.05) is 14.7 Å². The lowest BCUT2D eigenvalue weighted by molar-refractivity contribution is 0.332. The van der Waals surface area contributed by atoms with Crippen molar-refractivity contribution in [3.8, 4) is 0 Å². The zero-order valence-corrected chi connectivity index (χ0v) is 48.8. The third-order valence-electron chi connectivity index (χ3n) is 20.0. The van der Waals surface area contributed by atoms with Crippen molar-refractivity contribution < 1.29 is 4.42 Å². The highest BCUT2D eigenvalue weighted by Gasteiger charge is 2.50. The normalized spacial score (nSPS) is 19.6. The van der Waals surface area contributed by atoms with Crippen molar-refractivity contribution in [2.24, 2.45) is 0 Å². The van der Waals surface area contributed by atoms with Crippen molar-refractivity contribution in [1.82, 2.24) is 0 Å². The largest absolute Gasteiger partial charge is 0.468 e. The second-order valence-corrected chi connectivity index (χ2v) is 29.0. The van der Waals surface area contributed by atoms with Crippen LogP contribution in [-0.4, -0.2) is 6.71 Å². The van der Waals surface area contributed by atoms with E-state index in [0.717, 1.165) is 54.0 Å². The minimum atomic E-state index is -0.192. The number of para-hydroxylation sites is 2. The molecule has 0 fully saturated rings. The number of benzene rings is 7. The minimum Gasteiger partial charge on any atom is -0.468 e. The lowest BCUT2D eigenvalue weighted by Crippen LogP contribution is -2.61. The molecule has 0 unspecified atom stereocenters. The van der Waals surface area contributed by atoms with Gasteiger partial charge in [0.15, 0.2) is 0 Å². The third-order valence-corrected chi connectivity index (χ3v) is 20.0. The van der Waals surface area contributed by atoms with E-state index in [9.17, 15) is 0 Å². The van der Waals surface area contributed by atoms with Gasteiger partial charge in [-0.25, -0.2) is 0 Å². The van der Waals surface area contributed by atoms with Gasteiger partial charge in [0.2, 0.25) is 0 Å². The number of furan rings is 1. The topological polar surface area (TPSA) is 22.9 Å². The average Bonchev–Trinajstić information content (AvgIpc) is 3.79. The third kappa shape index (κ3) is 7.66. The molecule has 77 heavy (non-hydrogen) atoms. The van der Waals surface area contributed by atoms with E-state index >= 15 is 0 Å². The van der Waals surface area contributed by atoms with Crippen molar-refractivity contribution in [1.29, 1.82) is 0 Å². The van der Waals surface area contributed by atoms with Gasteiger partial charge in [-0.3, -0.25) is 0 Å². The van der Waals surface area contributed by atoms with Crippen LogP contribution in [0.3, 0.4) is 0 Å². The Morgan fingerprint density at radius 2 is 0.870 bits per heavy atom. The summed E-state index contributed by atoms with van der Waals surface area (Å²) in [5, 5.41) is 1.19. The molecule has 0 bridgehead atoms. The minimum absolute atomic E-state index is 0.00173. The smallest absolute Gasteiger partial charge is 0.297 e. The van der Waals surface area contributed by atoms with Crippen molar-refractivity contribution in [3.63, 3.8) is 0 Å². The molecule has 3 heterocycles. The Labute approximate surface area is 461 Å². The number of fused-ring (bicyclic) bond motifs is 9. The highest BCUT2D eigenvalue weighted by atomic mass is 16.3. The van der Waals surface area contributed by atoms with Crippen LogP contribution in [0.25, 0.3) is 11.0 Å². The quantitative estimate of drug-likeness (QED) is 0.160. The van der Waals surface area contributed by atoms with Crippen LogP contribution in [0.5, 0.6) is 0 Å². The molecule has 0 spiro atoms. The molecule has 1 aromatic heterocycles. The van der Waals surface area contributed by atoms with Crippen LogP contribution in [0.1, 0.15) is 181 Å². The second kappa shape index (κ2) is 16.5. The summed E-state index contributed by atoms with van der Waals surface area (Å²) in [7, 11) is 0. The van der Waals surface area contributed by atoms with E-state index < -0.39 is 0 Å². The first-order valence-corrected chi connectivity index (χ1v) is 29.0. The van der Waals surface area contributed by atoms with Crippen LogP contribution < -0.4 is 31.3 Å². The van der Waals surface area contributed by atoms with Gasteiger partial charge in [0.05, 0.1) is 17.0 Å². The van der Waals surface area contributed by atoms with Gasteiger partial charge >= 0.3 is 0 Å². The van der Waals surface area contributed by atoms with E-state index in [-0.39, 0.29) is 44.6 Å². The fourth-order valence-corrected chi connectivity index (χ4v) is 14.7. The molecule has 2 aliphatic heterocycles. The van der Waals surface area contributed by atoms with E-state index in [1.807, 2.05) is 0 Å². The highest BCUT2D eigenvalue weighted by molar-refractivity contribution is 7.00. The Hall–Kier alpha value is -6.46. The first-order valence-electron chi connectivity index (χ1n) is 29.0. The van der Waals surface area contributed by atoms with E-state index in [2.05, 4.69) is 258 Å². The monoisotopic (exact) mass is 1010 g/mol. The predicted octanol–water partition coefficient (Wildman–Crippen LogP) is 18.3. The molecule has 0 amide bonds. The Bertz CT molecular complexity index is 3670. The fraction of sp³-hybridized carbons (Fsp3) is 0.389. The van der Waals surface area contributed by atoms with Crippen LogP contribution in [0.2, 0.25) is 0 Å². The molecule has 0 saturated carbocycles. The van der Waals surface area contributed by atoms with Gasteiger partial charge < -0.3 is 19.1 Å².